The third kappa shape index (κ3) is 2.79. The highest BCUT2D eigenvalue weighted by Gasteiger charge is 2.22. The van der Waals surface area contributed by atoms with Crippen LogP contribution in [0, 0.1) is 17.0 Å². The Balaban J connectivity index is 2.10. The number of benzene rings is 1. The number of ether oxygens (including phenoxy) is 1. The van der Waals surface area contributed by atoms with Gasteiger partial charge < -0.3 is 10.5 Å². The molecule has 1 aromatic carbocycles. The first-order valence-electron chi connectivity index (χ1n) is 6.24. The highest BCUT2D eigenvalue weighted by molar-refractivity contribution is 5.48. The van der Waals surface area contributed by atoms with Gasteiger partial charge in [-0.2, -0.15) is 0 Å². The van der Waals surface area contributed by atoms with Gasteiger partial charge in [0, 0.05) is 12.1 Å². The molecule has 98 valence electrons. The van der Waals surface area contributed by atoms with Crippen LogP contribution >= 0.6 is 0 Å². The molecule has 0 radical (unpaired) electrons. The fourth-order valence-corrected chi connectivity index (χ4v) is 2.31. The topological polar surface area (TPSA) is 78.4 Å². The summed E-state index contributed by atoms with van der Waals surface area (Å²) in [6.07, 6.45) is 3.88. The lowest BCUT2D eigenvalue weighted by atomic mass is 9.93. The lowest BCUT2D eigenvalue weighted by Crippen LogP contribution is -2.31. The monoisotopic (exact) mass is 250 g/mol. The van der Waals surface area contributed by atoms with E-state index in [0.29, 0.717) is 11.3 Å². The second-order valence-electron chi connectivity index (χ2n) is 4.81. The van der Waals surface area contributed by atoms with Crippen LogP contribution in [0.4, 0.5) is 5.69 Å². The number of nitrogens with zero attached hydrogens (tertiary/aromatic N) is 1. The Morgan fingerprint density at radius 2 is 2.00 bits per heavy atom. The van der Waals surface area contributed by atoms with Gasteiger partial charge in [-0.25, -0.2) is 0 Å². The van der Waals surface area contributed by atoms with Gasteiger partial charge in [0.25, 0.3) is 5.69 Å². The normalized spacial score (nSPS) is 23.7. The molecule has 1 aliphatic rings. The first-order chi connectivity index (χ1) is 8.58. The van der Waals surface area contributed by atoms with Crippen molar-refractivity contribution < 1.29 is 9.66 Å². The summed E-state index contributed by atoms with van der Waals surface area (Å²) in [6, 6.07) is 5.22. The molecule has 1 aliphatic carbocycles. The molecule has 18 heavy (non-hydrogen) atoms. The molecule has 0 saturated heterocycles. The molecule has 0 amide bonds. The van der Waals surface area contributed by atoms with E-state index in [1.807, 2.05) is 0 Å². The maximum Gasteiger partial charge on any atom is 0.276 e. The van der Waals surface area contributed by atoms with Crippen molar-refractivity contribution in [2.24, 2.45) is 5.73 Å². The minimum absolute atomic E-state index is 0.111. The van der Waals surface area contributed by atoms with Gasteiger partial charge in [-0.3, -0.25) is 10.1 Å². The fraction of sp³-hybridized carbons (Fsp3) is 0.538. The first-order valence-corrected chi connectivity index (χ1v) is 6.24. The van der Waals surface area contributed by atoms with Crippen molar-refractivity contribution in [3.63, 3.8) is 0 Å². The number of nitro groups is 1. The molecule has 0 heterocycles. The molecule has 2 rings (SSSR count). The fourth-order valence-electron chi connectivity index (χ4n) is 2.31. The van der Waals surface area contributed by atoms with Crippen LogP contribution in [-0.2, 0) is 0 Å². The van der Waals surface area contributed by atoms with Crippen LogP contribution in [0.5, 0.6) is 5.75 Å². The predicted molar refractivity (Wildman–Crippen MR) is 68.7 cm³/mol. The van der Waals surface area contributed by atoms with Crippen LogP contribution in [0.1, 0.15) is 31.2 Å². The minimum atomic E-state index is -0.376. The van der Waals surface area contributed by atoms with E-state index in [4.69, 9.17) is 10.5 Å². The van der Waals surface area contributed by atoms with Crippen molar-refractivity contribution in [1.29, 1.82) is 0 Å². The molecule has 2 N–H and O–H groups in total. The Morgan fingerprint density at radius 1 is 1.33 bits per heavy atom. The Labute approximate surface area is 106 Å². The molecule has 0 spiro atoms. The number of hydrogen-bond donors (Lipinski definition) is 1. The van der Waals surface area contributed by atoms with Crippen LogP contribution in [0.25, 0.3) is 0 Å². The Hall–Kier alpha value is -1.62. The minimum Gasteiger partial charge on any atom is -0.490 e. The van der Waals surface area contributed by atoms with Gasteiger partial charge in [0.15, 0.2) is 0 Å². The lowest BCUT2D eigenvalue weighted by molar-refractivity contribution is -0.385. The van der Waals surface area contributed by atoms with Crippen molar-refractivity contribution in [1.82, 2.24) is 0 Å². The number of hydrogen-bond acceptors (Lipinski definition) is 4. The van der Waals surface area contributed by atoms with E-state index in [1.165, 1.54) is 6.07 Å². The third-order valence-corrected chi connectivity index (χ3v) is 3.46. The summed E-state index contributed by atoms with van der Waals surface area (Å²) in [6.45, 7) is 1.72. The maximum atomic E-state index is 10.8. The second kappa shape index (κ2) is 5.35. The van der Waals surface area contributed by atoms with Gasteiger partial charge in [0.2, 0.25) is 0 Å². The average Bonchev–Trinajstić information content (AvgIpc) is 2.34. The molecular weight excluding hydrogens is 232 g/mol. The Morgan fingerprint density at radius 3 is 2.61 bits per heavy atom. The van der Waals surface area contributed by atoms with E-state index >= 15 is 0 Å². The SMILES string of the molecule is Cc1c(OC2CCC(N)CC2)cccc1[N+](=O)[O-]. The number of nitrogens with two attached hydrogens (primary N) is 1. The molecule has 1 fully saturated rings. The largest absolute Gasteiger partial charge is 0.490 e. The molecule has 0 unspecified atom stereocenters. The van der Waals surface area contributed by atoms with Crippen molar-refractivity contribution in [3.8, 4) is 5.75 Å². The quantitative estimate of drug-likeness (QED) is 0.660. The summed E-state index contributed by atoms with van der Waals surface area (Å²) in [5, 5.41) is 10.8. The molecular formula is C13H18N2O3. The summed E-state index contributed by atoms with van der Waals surface area (Å²) in [5.41, 5.74) is 6.55. The second-order valence-corrected chi connectivity index (χ2v) is 4.81. The molecule has 1 aromatic rings. The van der Waals surface area contributed by atoms with Crippen LogP contribution in [0.15, 0.2) is 18.2 Å². The number of nitro benzene ring substituents is 1. The summed E-state index contributed by atoms with van der Waals surface area (Å²) in [7, 11) is 0. The molecule has 5 heteroatoms. The highest BCUT2D eigenvalue weighted by Crippen LogP contribution is 2.30. The molecule has 0 aromatic heterocycles. The summed E-state index contributed by atoms with van der Waals surface area (Å²) < 4.78 is 5.87. The van der Waals surface area contributed by atoms with Crippen LogP contribution < -0.4 is 10.5 Å². The molecule has 0 atom stereocenters. The van der Waals surface area contributed by atoms with Crippen LogP contribution in [-0.4, -0.2) is 17.1 Å². The molecule has 5 nitrogen and oxygen atoms in total. The average molecular weight is 250 g/mol. The summed E-state index contributed by atoms with van der Waals surface area (Å²) in [4.78, 5) is 10.5. The van der Waals surface area contributed by atoms with Gasteiger partial charge >= 0.3 is 0 Å². The van der Waals surface area contributed by atoms with Crippen molar-refractivity contribution in [3.05, 3.63) is 33.9 Å². The van der Waals surface area contributed by atoms with Crippen molar-refractivity contribution in [2.75, 3.05) is 0 Å². The van der Waals surface area contributed by atoms with E-state index in [9.17, 15) is 10.1 Å². The highest BCUT2D eigenvalue weighted by atomic mass is 16.6. The van der Waals surface area contributed by atoms with Crippen molar-refractivity contribution >= 4 is 5.69 Å². The first kappa shape index (κ1) is 12.8. The molecule has 1 saturated carbocycles. The molecule has 0 bridgehead atoms. The summed E-state index contributed by atoms with van der Waals surface area (Å²) >= 11 is 0. The van der Waals surface area contributed by atoms with Crippen LogP contribution in [0.2, 0.25) is 0 Å². The maximum absolute atomic E-state index is 10.8. The number of rotatable bonds is 3. The third-order valence-electron chi connectivity index (χ3n) is 3.46. The Bertz CT molecular complexity index is 440. The van der Waals surface area contributed by atoms with Gasteiger partial charge in [0.05, 0.1) is 16.6 Å². The zero-order chi connectivity index (χ0) is 13.1. The van der Waals surface area contributed by atoms with E-state index in [0.717, 1.165) is 25.7 Å². The zero-order valence-electron chi connectivity index (χ0n) is 10.5. The zero-order valence-corrected chi connectivity index (χ0v) is 10.5. The smallest absolute Gasteiger partial charge is 0.276 e. The van der Waals surface area contributed by atoms with Crippen molar-refractivity contribution in [2.45, 2.75) is 44.8 Å². The predicted octanol–water partition coefficient (Wildman–Crippen LogP) is 2.55. The summed E-state index contributed by atoms with van der Waals surface area (Å²) in [5.74, 6) is 0.615. The standard InChI is InChI=1S/C13H18N2O3/c1-9-12(15(16)17)3-2-4-13(9)18-11-7-5-10(14)6-8-11/h2-4,10-11H,5-8,14H2,1H3. The lowest BCUT2D eigenvalue weighted by Gasteiger charge is -2.27. The van der Waals surface area contributed by atoms with E-state index in [1.54, 1.807) is 19.1 Å². The van der Waals surface area contributed by atoms with Crippen LogP contribution in [0.3, 0.4) is 0 Å². The van der Waals surface area contributed by atoms with Gasteiger partial charge in [0.1, 0.15) is 5.75 Å². The van der Waals surface area contributed by atoms with Gasteiger partial charge in [-0.15, -0.1) is 0 Å². The van der Waals surface area contributed by atoms with Gasteiger partial charge in [-0.05, 0) is 38.7 Å². The van der Waals surface area contributed by atoms with E-state index in [-0.39, 0.29) is 22.8 Å². The molecule has 0 aliphatic heterocycles. The van der Waals surface area contributed by atoms with E-state index < -0.39 is 0 Å². The van der Waals surface area contributed by atoms with Gasteiger partial charge in [-0.1, -0.05) is 6.07 Å². The van der Waals surface area contributed by atoms with E-state index in [2.05, 4.69) is 0 Å². The Kier molecular flexibility index (Phi) is 3.81.